The summed E-state index contributed by atoms with van der Waals surface area (Å²) in [7, 11) is 0. The highest BCUT2D eigenvalue weighted by Crippen LogP contribution is 2.27. The number of amides is 2. The molecule has 0 atom stereocenters. The quantitative estimate of drug-likeness (QED) is 0.640. The highest BCUT2D eigenvalue weighted by atomic mass is 16.2. The van der Waals surface area contributed by atoms with Crippen molar-refractivity contribution in [3.8, 4) is 0 Å². The van der Waals surface area contributed by atoms with Crippen LogP contribution in [0.1, 0.15) is 34.3 Å². The van der Waals surface area contributed by atoms with Gasteiger partial charge in [0.25, 0.3) is 5.91 Å². The molecule has 2 amide bonds. The van der Waals surface area contributed by atoms with Crippen LogP contribution in [0.5, 0.6) is 0 Å². The van der Waals surface area contributed by atoms with E-state index in [4.69, 9.17) is 0 Å². The van der Waals surface area contributed by atoms with Crippen molar-refractivity contribution in [2.24, 2.45) is 0 Å². The summed E-state index contributed by atoms with van der Waals surface area (Å²) in [6.07, 6.45) is 0. The fourth-order valence-corrected chi connectivity index (χ4v) is 4.21. The zero-order valence-corrected chi connectivity index (χ0v) is 18.4. The molecule has 32 heavy (non-hydrogen) atoms. The summed E-state index contributed by atoms with van der Waals surface area (Å²) in [6.45, 7) is 6.28. The van der Waals surface area contributed by atoms with E-state index in [1.807, 2.05) is 77.7 Å². The predicted molar refractivity (Wildman–Crippen MR) is 128 cm³/mol. The second kappa shape index (κ2) is 10.2. The molecular formula is C27H29N3O2. The molecular weight excluding hydrogens is 398 g/mol. The lowest BCUT2D eigenvalue weighted by Crippen LogP contribution is -2.48. The number of rotatable bonds is 6. The van der Waals surface area contributed by atoms with Crippen molar-refractivity contribution in [3.05, 3.63) is 102 Å². The average molecular weight is 428 g/mol. The van der Waals surface area contributed by atoms with Gasteiger partial charge in [0.2, 0.25) is 5.91 Å². The number of piperazine rings is 1. The summed E-state index contributed by atoms with van der Waals surface area (Å²) in [5.41, 5.74) is 2.91. The smallest absolute Gasteiger partial charge is 0.256 e. The van der Waals surface area contributed by atoms with Crippen molar-refractivity contribution < 1.29 is 9.59 Å². The number of nitrogens with one attached hydrogen (secondary N) is 1. The Hall–Kier alpha value is -3.44. The van der Waals surface area contributed by atoms with Crippen molar-refractivity contribution >= 4 is 17.5 Å². The lowest BCUT2D eigenvalue weighted by atomic mass is 9.90. The van der Waals surface area contributed by atoms with Gasteiger partial charge in [0, 0.05) is 26.2 Å². The van der Waals surface area contributed by atoms with Gasteiger partial charge in [0.15, 0.2) is 0 Å². The Labute approximate surface area is 189 Å². The van der Waals surface area contributed by atoms with Crippen LogP contribution in [0.2, 0.25) is 0 Å². The third-order valence-corrected chi connectivity index (χ3v) is 6.05. The summed E-state index contributed by atoms with van der Waals surface area (Å²) in [4.78, 5) is 31.0. The molecule has 0 aliphatic carbocycles. The van der Waals surface area contributed by atoms with Gasteiger partial charge < -0.3 is 15.1 Å². The van der Waals surface area contributed by atoms with E-state index in [9.17, 15) is 9.59 Å². The number of anilines is 1. The van der Waals surface area contributed by atoms with Crippen molar-refractivity contribution in [1.82, 2.24) is 9.80 Å². The first kappa shape index (κ1) is 21.8. The van der Waals surface area contributed by atoms with Crippen LogP contribution in [0.25, 0.3) is 0 Å². The Morgan fingerprint density at radius 3 is 1.88 bits per heavy atom. The summed E-state index contributed by atoms with van der Waals surface area (Å²) < 4.78 is 0. The van der Waals surface area contributed by atoms with E-state index in [2.05, 4.69) is 17.1 Å². The molecule has 4 rings (SSSR count). The standard InChI is InChI=1S/C27H29N3O2/c1-2-29-17-19-30(20-18-29)27(32)23-15-9-10-16-24(23)28-26(31)25(21-11-5-3-6-12-21)22-13-7-4-8-14-22/h3-16,25H,2,17-20H2,1H3,(H,28,31). The van der Waals surface area contributed by atoms with E-state index in [-0.39, 0.29) is 11.8 Å². The minimum absolute atomic E-state index is 0.0346. The maximum atomic E-state index is 13.5. The average Bonchev–Trinajstić information content (AvgIpc) is 2.85. The second-order valence-corrected chi connectivity index (χ2v) is 8.02. The molecule has 1 N–H and O–H groups in total. The van der Waals surface area contributed by atoms with Gasteiger partial charge in [-0.3, -0.25) is 9.59 Å². The molecule has 3 aromatic rings. The zero-order chi connectivity index (χ0) is 22.3. The molecule has 1 aliphatic heterocycles. The number of nitrogens with zero attached hydrogens (tertiary/aromatic N) is 2. The van der Waals surface area contributed by atoms with Crippen LogP contribution in [-0.2, 0) is 4.79 Å². The molecule has 0 aromatic heterocycles. The van der Waals surface area contributed by atoms with Gasteiger partial charge in [0.1, 0.15) is 0 Å². The van der Waals surface area contributed by atoms with Crippen molar-refractivity contribution in [2.45, 2.75) is 12.8 Å². The van der Waals surface area contributed by atoms with Crippen LogP contribution in [0.15, 0.2) is 84.9 Å². The Kier molecular flexibility index (Phi) is 6.97. The lowest BCUT2D eigenvalue weighted by Gasteiger charge is -2.34. The molecule has 5 heteroatoms. The number of benzene rings is 3. The zero-order valence-electron chi connectivity index (χ0n) is 18.4. The summed E-state index contributed by atoms with van der Waals surface area (Å²) in [5.74, 6) is -0.653. The predicted octanol–water partition coefficient (Wildman–Crippen LogP) is 4.23. The van der Waals surface area contributed by atoms with Crippen LogP contribution in [-0.4, -0.2) is 54.3 Å². The normalized spacial score (nSPS) is 14.4. The van der Waals surface area contributed by atoms with Gasteiger partial charge in [-0.2, -0.15) is 0 Å². The van der Waals surface area contributed by atoms with Gasteiger partial charge in [0.05, 0.1) is 17.2 Å². The molecule has 1 saturated heterocycles. The van der Waals surface area contributed by atoms with Gasteiger partial charge in [-0.05, 0) is 29.8 Å². The summed E-state index contributed by atoms with van der Waals surface area (Å²) >= 11 is 0. The summed E-state index contributed by atoms with van der Waals surface area (Å²) in [6, 6.07) is 26.8. The lowest BCUT2D eigenvalue weighted by molar-refractivity contribution is -0.116. The monoisotopic (exact) mass is 427 g/mol. The third-order valence-electron chi connectivity index (χ3n) is 6.05. The maximum absolute atomic E-state index is 13.5. The van der Waals surface area contributed by atoms with Crippen LogP contribution >= 0.6 is 0 Å². The SMILES string of the molecule is CCN1CCN(C(=O)c2ccccc2NC(=O)C(c2ccccc2)c2ccccc2)CC1. The maximum Gasteiger partial charge on any atom is 0.256 e. The first-order valence-corrected chi connectivity index (χ1v) is 11.2. The van der Waals surface area contributed by atoms with Gasteiger partial charge >= 0.3 is 0 Å². The Morgan fingerprint density at radius 1 is 0.781 bits per heavy atom. The molecule has 0 spiro atoms. The Balaban J connectivity index is 1.58. The van der Waals surface area contributed by atoms with Gasteiger partial charge in [-0.25, -0.2) is 0 Å². The highest BCUT2D eigenvalue weighted by molar-refractivity contribution is 6.06. The van der Waals surface area contributed by atoms with E-state index in [1.165, 1.54) is 0 Å². The molecule has 0 saturated carbocycles. The van der Waals surface area contributed by atoms with Crippen molar-refractivity contribution in [1.29, 1.82) is 0 Å². The van der Waals surface area contributed by atoms with E-state index in [0.717, 1.165) is 30.8 Å². The van der Waals surface area contributed by atoms with E-state index < -0.39 is 5.92 Å². The third kappa shape index (κ3) is 4.89. The molecule has 5 nitrogen and oxygen atoms in total. The number of hydrogen-bond donors (Lipinski definition) is 1. The van der Waals surface area contributed by atoms with E-state index >= 15 is 0 Å². The molecule has 0 unspecified atom stereocenters. The van der Waals surface area contributed by atoms with Crippen molar-refractivity contribution in [2.75, 3.05) is 38.0 Å². The fraction of sp³-hybridized carbons (Fsp3) is 0.259. The van der Waals surface area contributed by atoms with E-state index in [0.29, 0.717) is 24.3 Å². The minimum atomic E-state index is -0.464. The number of carbonyl (C=O) groups is 2. The number of likely N-dealkylation sites (N-methyl/N-ethyl adjacent to an activating group) is 1. The first-order valence-electron chi connectivity index (χ1n) is 11.2. The first-order chi connectivity index (χ1) is 15.7. The molecule has 1 aliphatic rings. The molecule has 3 aromatic carbocycles. The topological polar surface area (TPSA) is 52.6 Å². The largest absolute Gasteiger partial charge is 0.336 e. The molecule has 164 valence electrons. The van der Waals surface area contributed by atoms with Crippen LogP contribution < -0.4 is 5.32 Å². The Bertz CT molecular complexity index is 1010. The van der Waals surface area contributed by atoms with Gasteiger partial charge in [-0.1, -0.05) is 79.7 Å². The summed E-state index contributed by atoms with van der Waals surface area (Å²) in [5, 5.41) is 3.05. The number of para-hydroxylation sites is 1. The molecule has 0 bridgehead atoms. The molecule has 0 radical (unpaired) electrons. The number of hydrogen-bond acceptors (Lipinski definition) is 3. The molecule has 1 fully saturated rings. The second-order valence-electron chi connectivity index (χ2n) is 8.02. The van der Waals surface area contributed by atoms with Crippen LogP contribution in [0.4, 0.5) is 5.69 Å². The fourth-order valence-electron chi connectivity index (χ4n) is 4.21. The van der Waals surface area contributed by atoms with Crippen molar-refractivity contribution in [3.63, 3.8) is 0 Å². The minimum Gasteiger partial charge on any atom is -0.336 e. The van der Waals surface area contributed by atoms with E-state index in [1.54, 1.807) is 12.1 Å². The van der Waals surface area contributed by atoms with Crippen LogP contribution in [0, 0.1) is 0 Å². The number of carbonyl (C=O) groups excluding carboxylic acids is 2. The Morgan fingerprint density at radius 2 is 1.31 bits per heavy atom. The molecule has 1 heterocycles. The highest BCUT2D eigenvalue weighted by Gasteiger charge is 2.26. The van der Waals surface area contributed by atoms with Gasteiger partial charge in [-0.15, -0.1) is 0 Å². The van der Waals surface area contributed by atoms with Crippen LogP contribution in [0.3, 0.4) is 0 Å².